The van der Waals surface area contributed by atoms with Crippen LogP contribution in [0.1, 0.15) is 18.1 Å². The normalized spacial score (nSPS) is 11.7. The molecule has 5 aromatic rings. The fourth-order valence-corrected chi connectivity index (χ4v) is 6.20. The molecule has 0 amide bonds. The number of hydrogen-bond donors (Lipinski definition) is 0. The fourth-order valence-electron chi connectivity index (χ4n) is 4.22. The van der Waals surface area contributed by atoms with Crippen molar-refractivity contribution in [1.82, 2.24) is 9.97 Å². The first-order valence-electron chi connectivity index (χ1n) is 12.8. The number of carbonyl (C=O) groups is 1. The maximum atomic E-state index is 13.9. The first kappa shape index (κ1) is 28.5. The number of fused-ring (bicyclic) bond motifs is 1. The van der Waals surface area contributed by atoms with E-state index >= 15 is 0 Å². The van der Waals surface area contributed by atoms with Crippen LogP contribution in [0.4, 0.5) is 4.39 Å². The van der Waals surface area contributed by atoms with Crippen molar-refractivity contribution in [2.45, 2.75) is 26.1 Å². The predicted octanol–water partition coefficient (Wildman–Crippen LogP) is 7.40. The van der Waals surface area contributed by atoms with Crippen LogP contribution >= 0.6 is 27.3 Å². The minimum Gasteiger partial charge on any atom is -0.497 e. The molecule has 0 aliphatic rings. The van der Waals surface area contributed by atoms with Crippen molar-refractivity contribution < 1.29 is 28.1 Å². The standard InChI is InChI=1S/C31H26BrFN2O5S/c1-3-38-31(36)25(16-20-7-4-5-10-24(20)39-17-19-11-13-23(37-2)14-12-19)40-29-26-27(32)28(41-30(26)35-18-34-29)21-8-6-9-22(33)15-21/h4-15,18,25H,3,16-17H2,1-2H3/t25-/m1/s1. The topological polar surface area (TPSA) is 79.8 Å². The van der Waals surface area contributed by atoms with Crippen LogP contribution in [0.25, 0.3) is 20.7 Å². The van der Waals surface area contributed by atoms with Crippen LogP contribution in [-0.2, 0) is 22.6 Å². The van der Waals surface area contributed by atoms with Crippen LogP contribution in [0, 0.1) is 5.82 Å². The third-order valence-corrected chi connectivity index (χ3v) is 8.42. The summed E-state index contributed by atoms with van der Waals surface area (Å²) in [6, 6.07) is 21.4. The summed E-state index contributed by atoms with van der Waals surface area (Å²) < 4.78 is 37.6. The van der Waals surface area contributed by atoms with E-state index in [2.05, 4.69) is 25.9 Å². The molecule has 0 radical (unpaired) electrons. The zero-order valence-corrected chi connectivity index (χ0v) is 24.7. The van der Waals surface area contributed by atoms with Crippen LogP contribution in [0.5, 0.6) is 17.4 Å². The lowest BCUT2D eigenvalue weighted by molar-refractivity contribution is -0.151. The second-order valence-corrected chi connectivity index (χ2v) is 10.7. The summed E-state index contributed by atoms with van der Waals surface area (Å²) >= 11 is 5.01. The molecule has 7 nitrogen and oxygen atoms in total. The predicted molar refractivity (Wildman–Crippen MR) is 159 cm³/mol. The van der Waals surface area contributed by atoms with Crippen LogP contribution < -0.4 is 14.2 Å². The van der Waals surface area contributed by atoms with Crippen molar-refractivity contribution in [2.75, 3.05) is 13.7 Å². The largest absolute Gasteiger partial charge is 0.497 e. The molecule has 2 aromatic heterocycles. The molecular formula is C31H26BrFN2O5S. The Morgan fingerprint density at radius 1 is 1.05 bits per heavy atom. The van der Waals surface area contributed by atoms with Gasteiger partial charge in [-0.25, -0.2) is 19.2 Å². The van der Waals surface area contributed by atoms with Crippen molar-refractivity contribution in [1.29, 1.82) is 0 Å². The molecule has 0 N–H and O–H groups in total. The van der Waals surface area contributed by atoms with E-state index < -0.39 is 12.1 Å². The summed E-state index contributed by atoms with van der Waals surface area (Å²) in [5.41, 5.74) is 2.43. The highest BCUT2D eigenvalue weighted by molar-refractivity contribution is 9.10. The average Bonchev–Trinajstić information content (AvgIpc) is 3.33. The number of aromatic nitrogens is 2. The number of hydrogen-bond acceptors (Lipinski definition) is 8. The van der Waals surface area contributed by atoms with Gasteiger partial charge < -0.3 is 18.9 Å². The van der Waals surface area contributed by atoms with Crippen LogP contribution in [0.15, 0.2) is 83.6 Å². The monoisotopic (exact) mass is 636 g/mol. The number of thiophene rings is 1. The number of halogens is 2. The van der Waals surface area contributed by atoms with E-state index in [0.717, 1.165) is 21.8 Å². The van der Waals surface area contributed by atoms with Gasteiger partial charge in [-0.2, -0.15) is 0 Å². The summed E-state index contributed by atoms with van der Waals surface area (Å²) in [5.74, 6) is 0.739. The molecule has 0 saturated heterocycles. The van der Waals surface area contributed by atoms with Gasteiger partial charge in [0.1, 0.15) is 35.1 Å². The number of carbonyl (C=O) groups excluding carboxylic acids is 1. The quantitative estimate of drug-likeness (QED) is 0.140. The Balaban J connectivity index is 1.42. The van der Waals surface area contributed by atoms with E-state index in [-0.39, 0.29) is 24.7 Å². The van der Waals surface area contributed by atoms with Gasteiger partial charge in [-0.15, -0.1) is 11.3 Å². The Morgan fingerprint density at radius 3 is 2.61 bits per heavy atom. The smallest absolute Gasteiger partial charge is 0.347 e. The molecule has 0 fully saturated rings. The second-order valence-electron chi connectivity index (χ2n) is 8.92. The Kier molecular flexibility index (Phi) is 9.11. The van der Waals surface area contributed by atoms with Crippen LogP contribution in [-0.4, -0.2) is 35.8 Å². The Morgan fingerprint density at radius 2 is 1.85 bits per heavy atom. The maximum Gasteiger partial charge on any atom is 0.347 e. The van der Waals surface area contributed by atoms with Gasteiger partial charge in [0.2, 0.25) is 12.0 Å². The Labute approximate surface area is 249 Å². The van der Waals surface area contributed by atoms with Crippen molar-refractivity contribution in [3.63, 3.8) is 0 Å². The third-order valence-electron chi connectivity index (χ3n) is 6.22. The van der Waals surface area contributed by atoms with Gasteiger partial charge in [0, 0.05) is 6.42 Å². The molecule has 0 spiro atoms. The van der Waals surface area contributed by atoms with E-state index in [9.17, 15) is 9.18 Å². The summed E-state index contributed by atoms with van der Waals surface area (Å²) in [6.45, 7) is 2.27. The molecule has 3 aromatic carbocycles. The number of ether oxygens (including phenoxy) is 4. The number of benzene rings is 3. The molecule has 41 heavy (non-hydrogen) atoms. The number of rotatable bonds is 11. The first-order valence-corrected chi connectivity index (χ1v) is 14.4. The molecule has 210 valence electrons. The van der Waals surface area contributed by atoms with E-state index in [1.807, 2.05) is 54.6 Å². The van der Waals surface area contributed by atoms with E-state index in [0.29, 0.717) is 32.6 Å². The molecule has 2 heterocycles. The van der Waals surface area contributed by atoms with Crippen molar-refractivity contribution in [2.24, 2.45) is 0 Å². The van der Waals surface area contributed by atoms with Gasteiger partial charge in [0.25, 0.3) is 0 Å². The molecule has 10 heteroatoms. The first-order chi connectivity index (χ1) is 20.0. The highest BCUT2D eigenvalue weighted by Gasteiger charge is 2.27. The maximum absolute atomic E-state index is 13.9. The third kappa shape index (κ3) is 6.66. The molecule has 1 atom stereocenters. The molecule has 0 saturated carbocycles. The minimum atomic E-state index is -1.01. The average molecular weight is 638 g/mol. The van der Waals surface area contributed by atoms with Gasteiger partial charge in [-0.1, -0.05) is 42.5 Å². The van der Waals surface area contributed by atoms with Gasteiger partial charge >= 0.3 is 5.97 Å². The van der Waals surface area contributed by atoms with Gasteiger partial charge in [-0.3, -0.25) is 0 Å². The highest BCUT2D eigenvalue weighted by atomic mass is 79.9. The lowest BCUT2D eigenvalue weighted by Gasteiger charge is -2.19. The lowest BCUT2D eigenvalue weighted by atomic mass is 10.1. The zero-order valence-electron chi connectivity index (χ0n) is 22.3. The molecule has 5 rings (SSSR count). The highest BCUT2D eigenvalue weighted by Crippen LogP contribution is 2.44. The fraction of sp³-hybridized carbons (Fsp3) is 0.194. The summed E-state index contributed by atoms with van der Waals surface area (Å²) in [4.78, 5) is 23.2. The van der Waals surface area contributed by atoms with Crippen molar-refractivity contribution in [3.05, 3.63) is 101 Å². The molecular weight excluding hydrogens is 611 g/mol. The lowest BCUT2D eigenvalue weighted by Crippen LogP contribution is -2.32. The van der Waals surface area contributed by atoms with Crippen molar-refractivity contribution in [3.8, 4) is 27.8 Å². The number of methoxy groups -OCH3 is 1. The second kappa shape index (κ2) is 13.1. The summed E-state index contributed by atoms with van der Waals surface area (Å²) in [7, 11) is 1.62. The number of esters is 1. The molecule has 0 unspecified atom stereocenters. The zero-order chi connectivity index (χ0) is 28.8. The van der Waals surface area contributed by atoms with E-state index in [1.54, 1.807) is 20.1 Å². The van der Waals surface area contributed by atoms with E-state index in [1.165, 1.54) is 29.8 Å². The SMILES string of the molecule is CCOC(=O)[C@@H](Cc1ccccc1OCc1ccc(OC)cc1)Oc1ncnc2sc(-c3cccc(F)c3)c(Br)c12. The number of nitrogens with zero attached hydrogens (tertiary/aromatic N) is 2. The van der Waals surface area contributed by atoms with E-state index in [4.69, 9.17) is 18.9 Å². The van der Waals surface area contributed by atoms with Crippen molar-refractivity contribution >= 4 is 43.5 Å². The van der Waals surface area contributed by atoms with Gasteiger partial charge in [-0.05, 0) is 69.9 Å². The minimum absolute atomic E-state index is 0.182. The Hall–Kier alpha value is -4.02. The molecule has 0 aliphatic carbocycles. The Bertz CT molecular complexity index is 1660. The van der Waals surface area contributed by atoms with Gasteiger partial charge in [0.05, 0.1) is 28.5 Å². The molecule has 0 aliphatic heterocycles. The summed E-state index contributed by atoms with van der Waals surface area (Å²) in [5, 5.41) is 0.593. The van der Waals surface area contributed by atoms with Crippen LogP contribution in [0.3, 0.4) is 0 Å². The number of para-hydroxylation sites is 1. The van der Waals surface area contributed by atoms with Gasteiger partial charge in [0.15, 0.2) is 0 Å². The van der Waals surface area contributed by atoms with Crippen LogP contribution in [0.2, 0.25) is 0 Å². The summed E-state index contributed by atoms with van der Waals surface area (Å²) in [6.07, 6.45) is 0.550. The molecule has 0 bridgehead atoms.